The van der Waals surface area contributed by atoms with E-state index >= 15 is 8.78 Å². The number of nitrogens with zero attached hydrogens (tertiary/aromatic N) is 1. The summed E-state index contributed by atoms with van der Waals surface area (Å²) in [7, 11) is 2.66. The Balaban J connectivity index is 1.42. The summed E-state index contributed by atoms with van der Waals surface area (Å²) in [6.45, 7) is 6.90. The minimum absolute atomic E-state index is 0.0148. The van der Waals surface area contributed by atoms with Crippen molar-refractivity contribution in [1.82, 2.24) is 9.88 Å². The monoisotopic (exact) mass is 590 g/mol. The van der Waals surface area contributed by atoms with Crippen LogP contribution in [-0.2, 0) is 20.7 Å². The van der Waals surface area contributed by atoms with Crippen LogP contribution >= 0.6 is 9.24 Å². The Labute approximate surface area is 242 Å². The van der Waals surface area contributed by atoms with Gasteiger partial charge in [0.05, 0.1) is 12.6 Å². The van der Waals surface area contributed by atoms with E-state index in [0.717, 1.165) is 41.4 Å². The normalized spacial score (nSPS) is 17.6. The Kier molecular flexibility index (Phi) is 10.8. The first kappa shape index (κ1) is 31.4. The molecule has 0 saturated carbocycles. The van der Waals surface area contributed by atoms with Crippen LogP contribution in [0.25, 0.3) is 10.9 Å². The molecule has 0 radical (unpaired) electrons. The van der Waals surface area contributed by atoms with Crippen molar-refractivity contribution in [2.24, 2.45) is 0 Å². The van der Waals surface area contributed by atoms with E-state index in [4.69, 9.17) is 19.3 Å². The Bertz CT molecular complexity index is 1300. The molecule has 0 fully saturated rings. The minimum Gasteiger partial charge on any atom is -0.493 e. The van der Waals surface area contributed by atoms with Gasteiger partial charge in [-0.25, -0.2) is 13.6 Å². The molecule has 0 amide bonds. The van der Waals surface area contributed by atoms with Crippen molar-refractivity contribution in [1.29, 1.82) is 0 Å². The zero-order chi connectivity index (χ0) is 29.6. The van der Waals surface area contributed by atoms with Crippen LogP contribution < -0.4 is 10.0 Å². The van der Waals surface area contributed by atoms with Gasteiger partial charge in [-0.1, -0.05) is 18.2 Å². The standard InChI is InChI=1S/C31H41F2N2O5P/c1-20-15-23-22-9-4-5-10-25(22)34-29(23)30(35(20)19-31(2,3)33)28-24(32)16-21(17-26(28)41)40-14-7-6-11-38-12-8-13-39-18-27(36)37/h4-5,9-10,16-17,20,30,34H,6-8,11-15,18-19,41H2,1-3H3,(H,36,37)/t20-,30?/m1/s1. The number of para-hydroxylation sites is 1. The minimum atomic E-state index is -1.45. The third-order valence-electron chi connectivity index (χ3n) is 7.24. The van der Waals surface area contributed by atoms with E-state index < -0.39 is 17.7 Å². The largest absolute Gasteiger partial charge is 0.493 e. The second-order valence-corrected chi connectivity index (χ2v) is 11.9. The van der Waals surface area contributed by atoms with Crippen LogP contribution in [0.4, 0.5) is 8.78 Å². The Morgan fingerprint density at radius 3 is 2.56 bits per heavy atom. The fourth-order valence-corrected chi connectivity index (χ4v) is 5.96. The highest BCUT2D eigenvalue weighted by Crippen LogP contribution is 2.42. The predicted octanol–water partition coefficient (Wildman–Crippen LogP) is 5.56. The maximum Gasteiger partial charge on any atom is 0.329 e. The number of hydrogen-bond acceptors (Lipinski definition) is 5. The second-order valence-electron chi connectivity index (χ2n) is 11.3. The van der Waals surface area contributed by atoms with Crippen molar-refractivity contribution < 1.29 is 32.9 Å². The van der Waals surface area contributed by atoms with Crippen LogP contribution in [0.15, 0.2) is 36.4 Å². The van der Waals surface area contributed by atoms with Crippen molar-refractivity contribution in [3.05, 3.63) is 59.0 Å². The number of aromatic amines is 1. The molecule has 3 aromatic rings. The number of aromatic nitrogens is 1. The predicted molar refractivity (Wildman–Crippen MR) is 160 cm³/mol. The summed E-state index contributed by atoms with van der Waals surface area (Å²) in [4.78, 5) is 16.0. The Morgan fingerprint density at radius 2 is 1.83 bits per heavy atom. The topological polar surface area (TPSA) is 84.0 Å². The summed E-state index contributed by atoms with van der Waals surface area (Å²) >= 11 is 0. The van der Waals surface area contributed by atoms with Crippen LogP contribution in [0.1, 0.15) is 62.9 Å². The van der Waals surface area contributed by atoms with Gasteiger partial charge in [0.15, 0.2) is 0 Å². The highest BCUT2D eigenvalue weighted by molar-refractivity contribution is 7.27. The molecule has 1 aliphatic rings. The number of H-pyrrole nitrogens is 1. The third-order valence-corrected chi connectivity index (χ3v) is 7.72. The van der Waals surface area contributed by atoms with Gasteiger partial charge in [0.25, 0.3) is 0 Å². The average molecular weight is 591 g/mol. The number of nitrogens with one attached hydrogen (secondary N) is 1. The number of fused-ring (bicyclic) bond motifs is 3. The van der Waals surface area contributed by atoms with E-state index in [2.05, 4.69) is 32.1 Å². The number of carboxylic acids is 1. The zero-order valence-electron chi connectivity index (χ0n) is 24.1. The molecule has 2 heterocycles. The molecule has 0 spiro atoms. The molecule has 41 heavy (non-hydrogen) atoms. The van der Waals surface area contributed by atoms with Crippen LogP contribution in [-0.4, -0.2) is 72.2 Å². The molecule has 0 bridgehead atoms. The summed E-state index contributed by atoms with van der Waals surface area (Å²) in [6, 6.07) is 10.9. The molecule has 2 N–H and O–H groups in total. The van der Waals surface area contributed by atoms with Crippen LogP contribution in [0, 0.1) is 5.82 Å². The number of hydrogen-bond donors (Lipinski definition) is 2. The molecule has 1 aromatic heterocycles. The lowest BCUT2D eigenvalue weighted by molar-refractivity contribution is -0.142. The maximum atomic E-state index is 15.9. The number of halogens is 2. The van der Waals surface area contributed by atoms with E-state index in [1.807, 2.05) is 24.3 Å². The van der Waals surface area contributed by atoms with Crippen molar-refractivity contribution >= 4 is 31.4 Å². The Morgan fingerprint density at radius 1 is 1.12 bits per heavy atom. The summed E-state index contributed by atoms with van der Waals surface area (Å²) in [5.41, 5.74) is 2.13. The van der Waals surface area contributed by atoms with E-state index in [1.54, 1.807) is 13.8 Å². The van der Waals surface area contributed by atoms with Gasteiger partial charge < -0.3 is 24.3 Å². The molecule has 3 atom stereocenters. The number of ether oxygens (including phenoxy) is 3. The molecule has 7 nitrogen and oxygen atoms in total. The second kappa shape index (κ2) is 14.1. The summed E-state index contributed by atoms with van der Waals surface area (Å²) in [5.74, 6) is -0.916. The van der Waals surface area contributed by atoms with E-state index in [0.29, 0.717) is 49.5 Å². The molecule has 2 unspecified atom stereocenters. The fraction of sp³-hybridized carbons (Fsp3) is 0.516. The molecule has 1 aliphatic heterocycles. The number of rotatable bonds is 15. The first-order valence-electron chi connectivity index (χ1n) is 14.2. The lowest BCUT2D eigenvalue weighted by atomic mass is 9.87. The zero-order valence-corrected chi connectivity index (χ0v) is 25.2. The summed E-state index contributed by atoms with van der Waals surface area (Å²) < 4.78 is 47.3. The van der Waals surface area contributed by atoms with Crippen LogP contribution in [0.5, 0.6) is 5.75 Å². The smallest absolute Gasteiger partial charge is 0.329 e. The number of alkyl halides is 1. The first-order chi connectivity index (χ1) is 19.5. The number of carboxylic acid groups (broad SMARTS) is 1. The van der Waals surface area contributed by atoms with Gasteiger partial charge >= 0.3 is 5.97 Å². The number of benzene rings is 2. The molecule has 4 rings (SSSR count). The van der Waals surface area contributed by atoms with Gasteiger partial charge in [-0.05, 0) is 69.5 Å². The van der Waals surface area contributed by atoms with Crippen LogP contribution in [0.2, 0.25) is 0 Å². The third kappa shape index (κ3) is 8.25. The van der Waals surface area contributed by atoms with Crippen molar-refractivity contribution in [2.45, 2.75) is 64.2 Å². The van der Waals surface area contributed by atoms with Gasteiger partial charge in [-0.15, -0.1) is 9.24 Å². The van der Waals surface area contributed by atoms with Crippen molar-refractivity contribution in [3.63, 3.8) is 0 Å². The molecule has 224 valence electrons. The first-order valence-corrected chi connectivity index (χ1v) is 14.8. The fourth-order valence-electron chi connectivity index (χ4n) is 5.50. The SMILES string of the molecule is C[C@@H]1Cc2c([nH]c3ccccc23)C(c2c(F)cc(OCCCCOCCCOCC(=O)O)cc2P)N1CC(C)(C)F. The van der Waals surface area contributed by atoms with Gasteiger partial charge in [0.2, 0.25) is 0 Å². The van der Waals surface area contributed by atoms with Crippen LogP contribution in [0.3, 0.4) is 0 Å². The molecule has 10 heteroatoms. The number of carbonyl (C=O) groups is 1. The average Bonchev–Trinajstić information content (AvgIpc) is 3.25. The van der Waals surface area contributed by atoms with Gasteiger partial charge in [-0.3, -0.25) is 4.90 Å². The molecule has 0 aliphatic carbocycles. The molecule has 2 aromatic carbocycles. The van der Waals surface area contributed by atoms with Gasteiger partial charge in [0.1, 0.15) is 23.8 Å². The number of unbranched alkanes of at least 4 members (excludes halogenated alkanes) is 1. The van der Waals surface area contributed by atoms with E-state index in [1.165, 1.54) is 6.07 Å². The summed E-state index contributed by atoms with van der Waals surface area (Å²) in [6.07, 6.45) is 2.90. The van der Waals surface area contributed by atoms with Crippen molar-refractivity contribution in [2.75, 3.05) is 39.6 Å². The quantitative estimate of drug-likeness (QED) is 0.178. The van der Waals surface area contributed by atoms with Gasteiger partial charge in [-0.2, -0.15) is 0 Å². The maximum absolute atomic E-state index is 15.9. The van der Waals surface area contributed by atoms with E-state index in [9.17, 15) is 4.79 Å². The van der Waals surface area contributed by atoms with Crippen molar-refractivity contribution in [3.8, 4) is 5.75 Å². The highest BCUT2D eigenvalue weighted by atomic mass is 31.0. The molecular formula is C31H41F2N2O5P. The summed E-state index contributed by atoms with van der Waals surface area (Å²) in [5, 5.41) is 10.3. The molecule has 0 saturated heterocycles. The number of aliphatic carboxylic acids is 1. The lowest BCUT2D eigenvalue weighted by Gasteiger charge is -2.43. The van der Waals surface area contributed by atoms with E-state index in [-0.39, 0.29) is 25.0 Å². The highest BCUT2D eigenvalue weighted by Gasteiger charge is 2.40. The Hall–Kier alpha value is -2.58. The lowest BCUT2D eigenvalue weighted by Crippen LogP contribution is -2.48. The molecular weight excluding hydrogens is 549 g/mol. The van der Waals surface area contributed by atoms with Gasteiger partial charge in [0, 0.05) is 60.6 Å².